The lowest BCUT2D eigenvalue weighted by atomic mass is 9.70. The molecule has 1 fully saturated rings. The summed E-state index contributed by atoms with van der Waals surface area (Å²) in [5, 5.41) is 42.7. The lowest BCUT2D eigenvalue weighted by molar-refractivity contribution is -0.166. The molecule has 0 amide bonds. The summed E-state index contributed by atoms with van der Waals surface area (Å²) in [6, 6.07) is 21.9. The third kappa shape index (κ3) is 3.05. The van der Waals surface area contributed by atoms with E-state index in [2.05, 4.69) is 30.4 Å². The van der Waals surface area contributed by atoms with Crippen LogP contribution in [0.2, 0.25) is 0 Å². The molecule has 1 spiro atoms. The van der Waals surface area contributed by atoms with E-state index >= 15 is 9.59 Å². The van der Waals surface area contributed by atoms with E-state index in [0.717, 1.165) is 29.5 Å². The number of allylic oxidation sites excluding steroid dienone is 4. The van der Waals surface area contributed by atoms with Crippen LogP contribution in [0.4, 0.5) is 0 Å². The molecule has 0 aliphatic heterocycles. The highest BCUT2D eigenvalue weighted by Crippen LogP contribution is 2.87. The van der Waals surface area contributed by atoms with Crippen molar-refractivity contribution >= 4 is 109 Å². The van der Waals surface area contributed by atoms with E-state index in [1.54, 1.807) is 29.8 Å². The molecular formula is C60H36O6. The van der Waals surface area contributed by atoms with Crippen LogP contribution < -0.4 is 0 Å². The topological polar surface area (TPSA) is 93.1 Å². The van der Waals surface area contributed by atoms with Gasteiger partial charge in [0.15, 0.2) is 5.41 Å². The highest BCUT2D eigenvalue weighted by atomic mass is 16.6. The predicted octanol–water partition coefficient (Wildman–Crippen LogP) is 11.9. The van der Waals surface area contributed by atoms with E-state index in [0.29, 0.717) is 32.1 Å². The van der Waals surface area contributed by atoms with Crippen LogP contribution in [0, 0.1) is 11.3 Å². The number of carbonyl (C=O) groups is 2. The van der Waals surface area contributed by atoms with Gasteiger partial charge in [0.2, 0.25) is 0 Å². The number of rotatable bonds is 10. The quantitative estimate of drug-likeness (QED) is 0.0616. The largest absolute Gasteiger partial charge is 0.508 e. The zero-order valence-corrected chi connectivity index (χ0v) is 35.6. The molecule has 312 valence electrons. The standard InChI is InChI=1S/C60H36O6/c61-32-9-5-23(6-10-32)3-1-13-65-57(63)60(58(64)66-14-2-4-24-7-11-33(62)12-8-24)56-34-21-30-19-27-17-28-16-25-15-26-18-29-20-31-22-59(56,60)55-41(31)46-40(29)45-36(26)35(25)43-39(28)44-37(27)38(30)47-42(34)54(55)53-51(46)49(45)48(43)50(44)52(47)53/h5-12,16-18,20-21,29,40,56,61-62H,1-4,13-15,19,22H2. The van der Waals surface area contributed by atoms with Crippen molar-refractivity contribution in [2.24, 2.45) is 11.3 Å². The average Bonchev–Trinajstić information content (AvgIpc) is 3.99. The van der Waals surface area contributed by atoms with Crippen LogP contribution in [-0.4, -0.2) is 35.4 Å². The first-order chi connectivity index (χ1) is 32.4. The molecule has 0 heterocycles. The first-order valence-electron chi connectivity index (χ1n) is 24.1. The van der Waals surface area contributed by atoms with Gasteiger partial charge in [-0.3, -0.25) is 9.59 Å². The number of hydrogen-bond acceptors (Lipinski definition) is 6. The van der Waals surface area contributed by atoms with Crippen molar-refractivity contribution in [1.82, 2.24) is 0 Å². The van der Waals surface area contributed by atoms with Crippen molar-refractivity contribution in [2.45, 2.75) is 62.2 Å². The van der Waals surface area contributed by atoms with Crippen LogP contribution in [0.15, 0.2) is 78.9 Å². The van der Waals surface area contributed by atoms with Crippen molar-refractivity contribution in [3.05, 3.63) is 140 Å². The van der Waals surface area contributed by atoms with Gasteiger partial charge in [-0.1, -0.05) is 54.6 Å². The number of phenolic OH excluding ortho intramolecular Hbond substituents is 2. The number of aromatic hydroxyl groups is 2. The molecule has 8 aliphatic carbocycles. The Morgan fingerprint density at radius 1 is 0.561 bits per heavy atom. The van der Waals surface area contributed by atoms with Crippen molar-refractivity contribution < 1.29 is 29.3 Å². The van der Waals surface area contributed by atoms with Gasteiger partial charge in [-0.25, -0.2) is 0 Å². The van der Waals surface area contributed by atoms with Crippen LogP contribution in [-0.2, 0) is 50.2 Å². The third-order valence-electron chi connectivity index (χ3n) is 19.0. The molecule has 0 bridgehead atoms. The Labute approximate surface area is 375 Å². The lowest BCUT2D eigenvalue weighted by Crippen LogP contribution is -2.37. The average molecular weight is 853 g/mol. The monoisotopic (exact) mass is 852 g/mol. The van der Waals surface area contributed by atoms with Crippen molar-refractivity contribution in [3.63, 3.8) is 0 Å². The zero-order chi connectivity index (χ0) is 42.8. The van der Waals surface area contributed by atoms with Gasteiger partial charge in [0.05, 0.1) is 13.2 Å². The highest BCUT2D eigenvalue weighted by Gasteiger charge is 2.90. The SMILES string of the molecule is O=C(OCCCc1ccc(O)cc1)C1(C(=O)OCCCc2ccc(O)cc2)C2c3cc4c5c6c(cc7cc8c9c%10c%11c%12c%13c%14c%15c(c%16c3c5c(c%16%13)c3c6c7c9c%123)C21CC%15=CC(C=C%10C8)C%14%11)C4. The van der Waals surface area contributed by atoms with Crippen molar-refractivity contribution in [3.8, 4) is 11.5 Å². The Kier molecular flexibility index (Phi) is 5.03. The van der Waals surface area contributed by atoms with Crippen LogP contribution >= 0.6 is 0 Å². The molecule has 6 nitrogen and oxygen atoms in total. The number of esters is 2. The maximum absolute atomic E-state index is 15.7. The summed E-state index contributed by atoms with van der Waals surface area (Å²) in [7, 11) is 0. The molecule has 2 N–H and O–H groups in total. The zero-order valence-electron chi connectivity index (χ0n) is 35.6. The second kappa shape index (κ2) is 9.97. The summed E-state index contributed by atoms with van der Waals surface area (Å²) in [5.41, 5.74) is 14.9. The minimum Gasteiger partial charge on any atom is -0.508 e. The Bertz CT molecular complexity index is 4250. The number of carbonyl (C=O) groups excluding carboxylic acids is 2. The Balaban J connectivity index is 0.882. The number of ether oxygens (including phenoxy) is 2. The summed E-state index contributed by atoms with van der Waals surface area (Å²) in [4.78, 5) is 31.5. The van der Waals surface area contributed by atoms with Gasteiger partial charge in [0.1, 0.15) is 11.5 Å². The van der Waals surface area contributed by atoms with Crippen LogP contribution in [0.1, 0.15) is 92.3 Å². The molecule has 0 saturated heterocycles. The van der Waals surface area contributed by atoms with Gasteiger partial charge < -0.3 is 19.7 Å². The van der Waals surface area contributed by atoms with E-state index in [1.165, 1.54) is 136 Å². The Morgan fingerprint density at radius 3 is 1.79 bits per heavy atom. The molecule has 4 unspecified atom stereocenters. The van der Waals surface area contributed by atoms with Gasteiger partial charge in [-0.15, -0.1) is 0 Å². The maximum atomic E-state index is 15.7. The normalized spacial score (nSPS) is 23.2. The first kappa shape index (κ1) is 33.3. The molecule has 19 rings (SSSR count). The second-order valence-corrected chi connectivity index (χ2v) is 21.5. The highest BCUT2D eigenvalue weighted by molar-refractivity contribution is 6.59. The third-order valence-corrected chi connectivity index (χ3v) is 19.0. The van der Waals surface area contributed by atoms with E-state index < -0.39 is 28.7 Å². The summed E-state index contributed by atoms with van der Waals surface area (Å²) >= 11 is 0. The van der Waals surface area contributed by atoms with Crippen LogP contribution in [0.5, 0.6) is 11.5 Å². The molecule has 11 aromatic carbocycles. The van der Waals surface area contributed by atoms with E-state index in [4.69, 9.17) is 9.47 Å². The predicted molar refractivity (Wildman–Crippen MR) is 256 cm³/mol. The molecular weight excluding hydrogens is 817 g/mol. The maximum Gasteiger partial charge on any atom is 0.325 e. The van der Waals surface area contributed by atoms with E-state index in [1.807, 2.05) is 24.3 Å². The minimum atomic E-state index is -1.56. The number of fused-ring (bicyclic) bond motifs is 1. The number of benzene rings is 9. The second-order valence-electron chi connectivity index (χ2n) is 21.5. The van der Waals surface area contributed by atoms with E-state index in [-0.39, 0.29) is 36.5 Å². The molecule has 4 atom stereocenters. The van der Waals surface area contributed by atoms with Gasteiger partial charge in [-0.2, -0.15) is 0 Å². The molecule has 0 radical (unpaired) electrons. The number of phenols is 2. The fraction of sp³-hybridized carbons (Fsp3) is 0.233. The minimum absolute atomic E-state index is 0.177. The van der Waals surface area contributed by atoms with Crippen LogP contribution in [0.25, 0.3) is 97.3 Å². The van der Waals surface area contributed by atoms with Gasteiger partial charge in [-0.05, 0) is 228 Å². The molecule has 66 heavy (non-hydrogen) atoms. The van der Waals surface area contributed by atoms with Crippen LogP contribution in [0.3, 0.4) is 0 Å². The van der Waals surface area contributed by atoms with Crippen molar-refractivity contribution in [1.29, 1.82) is 0 Å². The van der Waals surface area contributed by atoms with Crippen molar-refractivity contribution in [2.75, 3.05) is 13.2 Å². The van der Waals surface area contributed by atoms with Gasteiger partial charge in [0.25, 0.3) is 0 Å². The first-order valence-corrected chi connectivity index (χ1v) is 24.1. The summed E-state index contributed by atoms with van der Waals surface area (Å²) in [6.45, 7) is 0.355. The fourth-order valence-corrected chi connectivity index (χ4v) is 17.2. The molecule has 8 aliphatic rings. The summed E-state index contributed by atoms with van der Waals surface area (Å²) in [6.07, 6.45) is 10.1. The molecule has 11 aromatic rings. The summed E-state index contributed by atoms with van der Waals surface area (Å²) in [5.74, 6) is -0.467. The Hall–Kier alpha value is -7.18. The van der Waals surface area contributed by atoms with E-state index in [9.17, 15) is 10.2 Å². The molecule has 1 saturated carbocycles. The molecule has 0 aromatic heterocycles. The molecule has 6 heteroatoms. The van der Waals surface area contributed by atoms with Gasteiger partial charge in [0, 0.05) is 23.2 Å². The number of aryl methyl sites for hydroxylation is 2. The smallest absolute Gasteiger partial charge is 0.325 e. The summed E-state index contributed by atoms with van der Waals surface area (Å²) < 4.78 is 13.0. The fourth-order valence-electron chi connectivity index (χ4n) is 17.2. The lowest BCUT2D eigenvalue weighted by Gasteiger charge is -2.33. The number of hydrogen-bond donors (Lipinski definition) is 2. The van der Waals surface area contributed by atoms with Gasteiger partial charge >= 0.3 is 11.9 Å². The Morgan fingerprint density at radius 2 is 1.11 bits per heavy atom.